The molecule has 1 unspecified atom stereocenters. The number of nitrogens with zero attached hydrogens (tertiary/aromatic N) is 1. The molecule has 0 bridgehead atoms. The predicted molar refractivity (Wildman–Crippen MR) is 94.3 cm³/mol. The molecule has 25 heavy (non-hydrogen) atoms. The smallest absolute Gasteiger partial charge is 0.325 e. The van der Waals surface area contributed by atoms with Crippen molar-refractivity contribution in [2.45, 2.75) is 32.1 Å². The number of likely N-dealkylation sites (tertiary alicyclic amines) is 1. The minimum absolute atomic E-state index is 0.00298. The van der Waals surface area contributed by atoms with Crippen LogP contribution in [0.25, 0.3) is 0 Å². The van der Waals surface area contributed by atoms with E-state index in [4.69, 9.17) is 0 Å². The Morgan fingerprint density at radius 3 is 2.72 bits per heavy atom. The average Bonchev–Trinajstić information content (AvgIpc) is 3.28. The van der Waals surface area contributed by atoms with Gasteiger partial charge >= 0.3 is 5.97 Å². The Bertz CT molecular complexity index is 638. The summed E-state index contributed by atoms with van der Waals surface area (Å²) >= 11 is 1.43. The first kappa shape index (κ1) is 17.9. The van der Waals surface area contributed by atoms with Crippen LogP contribution in [0.5, 0.6) is 0 Å². The van der Waals surface area contributed by atoms with Gasteiger partial charge in [0, 0.05) is 18.5 Å². The SMILES string of the molecule is COC(=O)CNC(=O)C1CN(C(=O)c2cccs2)CC12CCCCC2. The molecule has 1 aliphatic heterocycles. The van der Waals surface area contributed by atoms with Crippen LogP contribution in [0.2, 0.25) is 0 Å². The summed E-state index contributed by atoms with van der Waals surface area (Å²) in [6, 6.07) is 3.69. The van der Waals surface area contributed by atoms with E-state index in [9.17, 15) is 14.4 Å². The zero-order valence-electron chi connectivity index (χ0n) is 14.5. The molecule has 2 aliphatic rings. The summed E-state index contributed by atoms with van der Waals surface area (Å²) in [6.45, 7) is 0.921. The van der Waals surface area contributed by atoms with Crippen LogP contribution in [0, 0.1) is 11.3 Å². The maximum absolute atomic E-state index is 12.7. The second-order valence-corrected chi connectivity index (χ2v) is 7.88. The molecule has 2 amide bonds. The summed E-state index contributed by atoms with van der Waals surface area (Å²) in [5, 5.41) is 4.58. The molecule has 1 atom stereocenters. The normalized spacial score (nSPS) is 22.0. The molecular weight excluding hydrogens is 340 g/mol. The fourth-order valence-corrected chi connectivity index (χ4v) is 4.85. The number of hydrogen-bond donors (Lipinski definition) is 1. The fourth-order valence-electron chi connectivity index (χ4n) is 4.16. The van der Waals surface area contributed by atoms with E-state index in [0.29, 0.717) is 18.0 Å². The number of carbonyl (C=O) groups excluding carboxylic acids is 3. The molecule has 7 heteroatoms. The van der Waals surface area contributed by atoms with Crippen molar-refractivity contribution < 1.29 is 19.1 Å². The lowest BCUT2D eigenvalue weighted by atomic mass is 9.67. The summed E-state index contributed by atoms with van der Waals surface area (Å²) in [7, 11) is 1.30. The van der Waals surface area contributed by atoms with Crippen molar-refractivity contribution in [1.29, 1.82) is 0 Å². The number of methoxy groups -OCH3 is 1. The van der Waals surface area contributed by atoms with Gasteiger partial charge in [0.05, 0.1) is 17.9 Å². The van der Waals surface area contributed by atoms with E-state index >= 15 is 0 Å². The van der Waals surface area contributed by atoms with Gasteiger partial charge in [-0.05, 0) is 24.3 Å². The first-order valence-electron chi connectivity index (χ1n) is 8.73. The molecule has 6 nitrogen and oxygen atoms in total. The van der Waals surface area contributed by atoms with Crippen molar-refractivity contribution in [1.82, 2.24) is 10.2 Å². The third kappa shape index (κ3) is 3.71. The zero-order chi connectivity index (χ0) is 17.9. The monoisotopic (exact) mass is 364 g/mol. The topological polar surface area (TPSA) is 75.7 Å². The average molecular weight is 364 g/mol. The molecule has 2 fully saturated rings. The van der Waals surface area contributed by atoms with Crippen molar-refractivity contribution >= 4 is 29.1 Å². The van der Waals surface area contributed by atoms with Crippen molar-refractivity contribution in [3.63, 3.8) is 0 Å². The minimum atomic E-state index is -0.462. The van der Waals surface area contributed by atoms with Gasteiger partial charge in [-0.15, -0.1) is 11.3 Å². The molecule has 3 rings (SSSR count). The van der Waals surface area contributed by atoms with Gasteiger partial charge in [-0.1, -0.05) is 25.3 Å². The Kier molecular flexibility index (Phi) is 5.42. The molecule has 1 saturated heterocycles. The summed E-state index contributed by atoms with van der Waals surface area (Å²) in [5.41, 5.74) is -0.161. The second-order valence-electron chi connectivity index (χ2n) is 6.93. The molecule has 2 heterocycles. The Labute approximate surface area is 151 Å². The number of ether oxygens (including phenoxy) is 1. The highest BCUT2D eigenvalue weighted by atomic mass is 32.1. The van der Waals surface area contributed by atoms with Gasteiger partial charge in [-0.3, -0.25) is 14.4 Å². The molecular formula is C18H24N2O4S. The molecule has 1 aliphatic carbocycles. The summed E-state index contributed by atoms with van der Waals surface area (Å²) in [4.78, 5) is 39.3. The maximum Gasteiger partial charge on any atom is 0.325 e. The lowest BCUT2D eigenvalue weighted by molar-refractivity contribution is -0.142. The largest absolute Gasteiger partial charge is 0.468 e. The van der Waals surface area contributed by atoms with E-state index in [1.807, 2.05) is 22.4 Å². The highest BCUT2D eigenvalue weighted by Gasteiger charge is 2.51. The Balaban J connectivity index is 1.75. The standard InChI is InChI=1S/C18H24N2O4S/c1-24-15(21)10-19-16(22)13-11-20(17(23)14-6-5-9-25-14)12-18(13)7-3-2-4-8-18/h5-6,9,13H,2-4,7-8,10-12H2,1H3,(H,19,22). The molecule has 1 spiro atoms. The number of nitrogens with one attached hydrogen (secondary N) is 1. The number of rotatable bonds is 4. The summed E-state index contributed by atoms with van der Waals surface area (Å²) in [5.74, 6) is -0.867. The van der Waals surface area contributed by atoms with Crippen LogP contribution in [0.3, 0.4) is 0 Å². The van der Waals surface area contributed by atoms with Crippen LogP contribution in [-0.4, -0.2) is 49.4 Å². The molecule has 1 saturated carbocycles. The van der Waals surface area contributed by atoms with E-state index in [-0.39, 0.29) is 29.7 Å². The Morgan fingerprint density at radius 2 is 2.08 bits per heavy atom. The molecule has 1 aromatic heterocycles. The first-order chi connectivity index (χ1) is 12.1. The van der Waals surface area contributed by atoms with E-state index in [1.54, 1.807) is 0 Å². The van der Waals surface area contributed by atoms with Crippen LogP contribution in [0.15, 0.2) is 17.5 Å². The third-order valence-corrected chi connectivity index (χ3v) is 6.33. The van der Waals surface area contributed by atoms with Crippen LogP contribution < -0.4 is 5.32 Å². The van der Waals surface area contributed by atoms with Crippen molar-refractivity contribution in [2.24, 2.45) is 11.3 Å². The molecule has 0 radical (unpaired) electrons. The second kappa shape index (κ2) is 7.56. The van der Waals surface area contributed by atoms with Gasteiger partial charge in [0.25, 0.3) is 5.91 Å². The highest BCUT2D eigenvalue weighted by Crippen LogP contribution is 2.48. The maximum atomic E-state index is 12.7. The molecule has 1 N–H and O–H groups in total. The van der Waals surface area contributed by atoms with Gasteiger partial charge in [0.1, 0.15) is 6.54 Å². The number of carbonyl (C=O) groups is 3. The third-order valence-electron chi connectivity index (χ3n) is 5.47. The lowest BCUT2D eigenvalue weighted by Gasteiger charge is -2.37. The molecule has 0 aromatic carbocycles. The van der Waals surface area contributed by atoms with E-state index in [1.165, 1.54) is 24.9 Å². The molecule has 1 aromatic rings. The quantitative estimate of drug-likeness (QED) is 0.830. The molecule has 136 valence electrons. The van der Waals surface area contributed by atoms with Gasteiger partial charge in [0.15, 0.2) is 0 Å². The Morgan fingerprint density at radius 1 is 1.32 bits per heavy atom. The van der Waals surface area contributed by atoms with Crippen molar-refractivity contribution in [3.8, 4) is 0 Å². The van der Waals surface area contributed by atoms with Gasteiger partial charge < -0.3 is 15.0 Å². The predicted octanol–water partition coefficient (Wildman–Crippen LogP) is 2.06. The number of esters is 1. The van der Waals surface area contributed by atoms with E-state index in [2.05, 4.69) is 10.1 Å². The highest BCUT2D eigenvalue weighted by molar-refractivity contribution is 7.12. The van der Waals surface area contributed by atoms with Crippen LogP contribution in [0.4, 0.5) is 0 Å². The number of thiophene rings is 1. The van der Waals surface area contributed by atoms with Gasteiger partial charge in [0.2, 0.25) is 5.91 Å². The minimum Gasteiger partial charge on any atom is -0.468 e. The van der Waals surface area contributed by atoms with Crippen molar-refractivity contribution in [3.05, 3.63) is 22.4 Å². The van der Waals surface area contributed by atoms with Crippen LogP contribution >= 0.6 is 11.3 Å². The zero-order valence-corrected chi connectivity index (χ0v) is 15.3. The Hall–Kier alpha value is -1.89. The lowest BCUT2D eigenvalue weighted by Crippen LogP contribution is -2.44. The fraction of sp³-hybridized carbons (Fsp3) is 0.611. The van der Waals surface area contributed by atoms with E-state index in [0.717, 1.165) is 25.7 Å². The first-order valence-corrected chi connectivity index (χ1v) is 9.61. The summed E-state index contributed by atoms with van der Waals surface area (Å²) < 4.78 is 4.59. The van der Waals surface area contributed by atoms with E-state index < -0.39 is 5.97 Å². The number of hydrogen-bond acceptors (Lipinski definition) is 5. The van der Waals surface area contributed by atoms with Crippen molar-refractivity contribution in [2.75, 3.05) is 26.7 Å². The van der Waals surface area contributed by atoms with Crippen LogP contribution in [-0.2, 0) is 14.3 Å². The van der Waals surface area contributed by atoms with Gasteiger partial charge in [-0.25, -0.2) is 0 Å². The summed E-state index contributed by atoms with van der Waals surface area (Å²) in [6.07, 6.45) is 5.26. The van der Waals surface area contributed by atoms with Crippen LogP contribution in [0.1, 0.15) is 41.8 Å². The van der Waals surface area contributed by atoms with Gasteiger partial charge in [-0.2, -0.15) is 0 Å². The number of amides is 2.